The number of sulfone groups is 1. The van der Waals surface area contributed by atoms with Crippen LogP contribution in [0, 0.1) is 6.92 Å². The molecule has 2 aromatic heterocycles. The van der Waals surface area contributed by atoms with Crippen LogP contribution in [0.1, 0.15) is 5.56 Å². The van der Waals surface area contributed by atoms with Gasteiger partial charge in [-0.1, -0.05) is 12.1 Å². The standard InChI is InChI=1S/C20H22N6O3S/c1-13-17(14-3-5-16(6-4-14)30(2,27)28)24-20(26-7-9-29-10-8-26)25-18(13)15-11-22-19(21)23-12-15/h3-6,11-12H,7-10H2,1-2H3,(H2,21,22,23). The van der Waals surface area contributed by atoms with Crippen molar-refractivity contribution >= 4 is 21.7 Å². The first-order valence-corrected chi connectivity index (χ1v) is 11.3. The van der Waals surface area contributed by atoms with Crippen molar-refractivity contribution in [1.82, 2.24) is 19.9 Å². The summed E-state index contributed by atoms with van der Waals surface area (Å²) in [5.74, 6) is 0.772. The molecule has 1 aliphatic rings. The first-order chi connectivity index (χ1) is 14.3. The van der Waals surface area contributed by atoms with Gasteiger partial charge in [-0.25, -0.2) is 28.4 Å². The number of morpholine rings is 1. The fraction of sp³-hybridized carbons (Fsp3) is 0.300. The summed E-state index contributed by atoms with van der Waals surface area (Å²) >= 11 is 0. The first-order valence-electron chi connectivity index (χ1n) is 9.42. The molecule has 3 aromatic rings. The van der Waals surface area contributed by atoms with Crippen molar-refractivity contribution in [3.8, 4) is 22.5 Å². The minimum atomic E-state index is -3.28. The van der Waals surface area contributed by atoms with E-state index in [1.807, 2.05) is 6.92 Å². The van der Waals surface area contributed by atoms with Gasteiger partial charge in [0.15, 0.2) is 9.84 Å². The van der Waals surface area contributed by atoms with Crippen molar-refractivity contribution in [2.45, 2.75) is 11.8 Å². The molecule has 10 heteroatoms. The molecule has 30 heavy (non-hydrogen) atoms. The summed E-state index contributed by atoms with van der Waals surface area (Å²) < 4.78 is 29.1. The lowest BCUT2D eigenvalue weighted by molar-refractivity contribution is 0.122. The third-order valence-corrected chi connectivity index (χ3v) is 6.06. The SMILES string of the molecule is Cc1c(-c2ccc(S(C)(=O)=O)cc2)nc(N2CCOCC2)nc1-c1cnc(N)nc1. The van der Waals surface area contributed by atoms with Crippen LogP contribution >= 0.6 is 0 Å². The van der Waals surface area contributed by atoms with Crippen LogP contribution in [-0.2, 0) is 14.6 Å². The molecule has 4 rings (SSSR count). The van der Waals surface area contributed by atoms with Gasteiger partial charge in [0.05, 0.1) is 29.5 Å². The number of nitrogens with two attached hydrogens (primary N) is 1. The van der Waals surface area contributed by atoms with Crippen molar-refractivity contribution in [3.63, 3.8) is 0 Å². The lowest BCUT2D eigenvalue weighted by Gasteiger charge is -2.28. The Hall–Kier alpha value is -3.11. The van der Waals surface area contributed by atoms with E-state index in [2.05, 4.69) is 14.9 Å². The third-order valence-electron chi connectivity index (χ3n) is 4.93. The number of hydrogen-bond acceptors (Lipinski definition) is 9. The van der Waals surface area contributed by atoms with Crippen LogP contribution < -0.4 is 10.6 Å². The molecule has 1 aromatic carbocycles. The maximum absolute atomic E-state index is 11.8. The van der Waals surface area contributed by atoms with Crippen LogP contribution in [0.15, 0.2) is 41.6 Å². The average molecular weight is 427 g/mol. The zero-order valence-corrected chi connectivity index (χ0v) is 17.6. The van der Waals surface area contributed by atoms with Gasteiger partial charge in [0, 0.05) is 48.4 Å². The predicted molar refractivity (Wildman–Crippen MR) is 114 cm³/mol. The highest BCUT2D eigenvalue weighted by atomic mass is 32.2. The van der Waals surface area contributed by atoms with E-state index in [1.165, 1.54) is 6.26 Å². The number of ether oxygens (including phenoxy) is 1. The van der Waals surface area contributed by atoms with E-state index in [4.69, 9.17) is 20.4 Å². The Morgan fingerprint density at radius 1 is 0.967 bits per heavy atom. The summed E-state index contributed by atoms with van der Waals surface area (Å²) in [5.41, 5.74) is 9.43. The Morgan fingerprint density at radius 2 is 1.53 bits per heavy atom. The lowest BCUT2D eigenvalue weighted by Crippen LogP contribution is -2.37. The monoisotopic (exact) mass is 426 g/mol. The van der Waals surface area contributed by atoms with Crippen molar-refractivity contribution in [2.24, 2.45) is 0 Å². The molecular weight excluding hydrogens is 404 g/mol. The second kappa shape index (κ2) is 7.96. The first kappa shape index (κ1) is 20.2. The number of aromatic nitrogens is 4. The van der Waals surface area contributed by atoms with Crippen LogP contribution in [0.5, 0.6) is 0 Å². The van der Waals surface area contributed by atoms with E-state index in [0.717, 1.165) is 22.4 Å². The molecule has 0 amide bonds. The molecule has 0 aliphatic carbocycles. The maximum Gasteiger partial charge on any atom is 0.226 e. The minimum Gasteiger partial charge on any atom is -0.378 e. The molecule has 0 bridgehead atoms. The number of rotatable bonds is 4. The second-order valence-electron chi connectivity index (χ2n) is 7.07. The molecule has 0 unspecified atom stereocenters. The maximum atomic E-state index is 11.8. The normalized spacial score (nSPS) is 14.7. The third kappa shape index (κ3) is 4.10. The van der Waals surface area contributed by atoms with Crippen molar-refractivity contribution in [2.75, 3.05) is 43.2 Å². The summed E-state index contributed by atoms with van der Waals surface area (Å²) in [4.78, 5) is 20.1. The Labute approximate surface area is 174 Å². The van der Waals surface area contributed by atoms with Gasteiger partial charge < -0.3 is 15.4 Å². The topological polar surface area (TPSA) is 124 Å². The summed E-state index contributed by atoms with van der Waals surface area (Å²) in [6, 6.07) is 6.70. The average Bonchev–Trinajstić information content (AvgIpc) is 2.75. The summed E-state index contributed by atoms with van der Waals surface area (Å²) in [6.45, 7) is 4.51. The van der Waals surface area contributed by atoms with E-state index in [-0.39, 0.29) is 10.8 Å². The molecule has 156 valence electrons. The summed E-state index contributed by atoms with van der Waals surface area (Å²) in [7, 11) is -3.28. The second-order valence-corrected chi connectivity index (χ2v) is 9.09. The van der Waals surface area contributed by atoms with E-state index in [0.29, 0.717) is 37.9 Å². The van der Waals surface area contributed by atoms with Gasteiger partial charge in [0.1, 0.15) is 0 Å². The molecule has 0 saturated carbocycles. The highest BCUT2D eigenvalue weighted by Crippen LogP contribution is 2.31. The Morgan fingerprint density at radius 3 is 2.10 bits per heavy atom. The largest absolute Gasteiger partial charge is 0.378 e. The molecule has 0 spiro atoms. The van der Waals surface area contributed by atoms with Crippen molar-refractivity contribution in [1.29, 1.82) is 0 Å². The van der Waals surface area contributed by atoms with Gasteiger partial charge in [-0.05, 0) is 19.1 Å². The molecule has 3 heterocycles. The number of benzene rings is 1. The molecule has 1 aliphatic heterocycles. The van der Waals surface area contributed by atoms with Gasteiger partial charge in [0.25, 0.3) is 0 Å². The van der Waals surface area contributed by atoms with Crippen LogP contribution in [-0.4, -0.2) is 60.9 Å². The Balaban J connectivity index is 1.86. The Kier molecular flexibility index (Phi) is 5.35. The van der Waals surface area contributed by atoms with E-state index in [1.54, 1.807) is 36.7 Å². The molecule has 2 N–H and O–H groups in total. The van der Waals surface area contributed by atoms with Crippen LogP contribution in [0.25, 0.3) is 22.5 Å². The lowest BCUT2D eigenvalue weighted by atomic mass is 10.0. The number of nitrogens with zero attached hydrogens (tertiary/aromatic N) is 5. The number of nitrogen functional groups attached to an aromatic ring is 1. The number of anilines is 2. The van der Waals surface area contributed by atoms with Crippen LogP contribution in [0.4, 0.5) is 11.9 Å². The predicted octanol–water partition coefficient (Wildman–Crippen LogP) is 1.73. The van der Waals surface area contributed by atoms with Crippen molar-refractivity contribution < 1.29 is 13.2 Å². The van der Waals surface area contributed by atoms with Crippen LogP contribution in [0.3, 0.4) is 0 Å². The van der Waals surface area contributed by atoms with E-state index in [9.17, 15) is 8.42 Å². The highest BCUT2D eigenvalue weighted by Gasteiger charge is 2.20. The number of hydrogen-bond donors (Lipinski definition) is 1. The van der Waals surface area contributed by atoms with Gasteiger partial charge in [-0.15, -0.1) is 0 Å². The molecule has 0 radical (unpaired) electrons. The summed E-state index contributed by atoms with van der Waals surface area (Å²) in [5, 5.41) is 0. The van der Waals surface area contributed by atoms with Gasteiger partial charge in [-0.3, -0.25) is 0 Å². The summed E-state index contributed by atoms with van der Waals surface area (Å²) in [6.07, 6.45) is 4.46. The van der Waals surface area contributed by atoms with Gasteiger partial charge >= 0.3 is 0 Å². The molecule has 9 nitrogen and oxygen atoms in total. The molecule has 1 saturated heterocycles. The Bertz CT molecular complexity index is 1160. The quantitative estimate of drug-likeness (QED) is 0.664. The van der Waals surface area contributed by atoms with Gasteiger partial charge in [0.2, 0.25) is 11.9 Å². The minimum absolute atomic E-state index is 0.190. The highest BCUT2D eigenvalue weighted by molar-refractivity contribution is 7.90. The fourth-order valence-electron chi connectivity index (χ4n) is 3.29. The van der Waals surface area contributed by atoms with E-state index < -0.39 is 9.84 Å². The molecule has 1 fully saturated rings. The fourth-order valence-corrected chi connectivity index (χ4v) is 3.92. The van der Waals surface area contributed by atoms with Crippen LogP contribution in [0.2, 0.25) is 0 Å². The molecular formula is C20H22N6O3S. The van der Waals surface area contributed by atoms with Gasteiger partial charge in [-0.2, -0.15) is 0 Å². The zero-order valence-electron chi connectivity index (χ0n) is 16.7. The van der Waals surface area contributed by atoms with E-state index >= 15 is 0 Å². The van der Waals surface area contributed by atoms with Crippen molar-refractivity contribution in [3.05, 3.63) is 42.2 Å². The smallest absolute Gasteiger partial charge is 0.226 e. The molecule has 0 atom stereocenters. The zero-order chi connectivity index (χ0) is 21.3.